The molecule has 0 fully saturated rings. The largest absolute Gasteiger partial charge is 0.323 e. The van der Waals surface area contributed by atoms with E-state index in [0.717, 1.165) is 29.1 Å². The highest BCUT2D eigenvalue weighted by molar-refractivity contribution is 7.11. The average molecular weight is 299 g/mol. The third kappa shape index (κ3) is 2.07. The Morgan fingerprint density at radius 1 is 1.29 bits per heavy atom. The maximum Gasteiger partial charge on any atom is 0.256 e. The van der Waals surface area contributed by atoms with Gasteiger partial charge in [0.25, 0.3) is 5.91 Å². The maximum atomic E-state index is 12.5. The highest BCUT2D eigenvalue weighted by atomic mass is 32.1. The van der Waals surface area contributed by atoms with Gasteiger partial charge in [0.05, 0.1) is 29.5 Å². The van der Waals surface area contributed by atoms with E-state index in [1.165, 1.54) is 23.4 Å². The van der Waals surface area contributed by atoms with E-state index in [9.17, 15) is 4.79 Å². The number of rotatable bonds is 2. The smallest absolute Gasteiger partial charge is 0.256 e. The van der Waals surface area contributed by atoms with Crippen LogP contribution in [0.3, 0.4) is 0 Å². The van der Waals surface area contributed by atoms with Gasteiger partial charge in [-0.05, 0) is 44.7 Å². The molecule has 0 N–H and O–H groups in total. The van der Waals surface area contributed by atoms with E-state index in [-0.39, 0.29) is 11.9 Å². The second-order valence-electron chi connectivity index (χ2n) is 5.74. The Morgan fingerprint density at radius 2 is 2.14 bits per heavy atom. The normalized spacial score (nSPS) is 18.5. The Hall–Kier alpha value is -1.75. The van der Waals surface area contributed by atoms with Crippen molar-refractivity contribution in [2.24, 2.45) is 0 Å². The SMILES string of the molecule is C[C@@H](c1nc2c(s1)CCCC2)N1Cc2ncccc2C1=O. The summed E-state index contributed by atoms with van der Waals surface area (Å²) in [6, 6.07) is 3.72. The van der Waals surface area contributed by atoms with Crippen LogP contribution in [-0.4, -0.2) is 20.8 Å². The van der Waals surface area contributed by atoms with Crippen molar-refractivity contribution in [3.63, 3.8) is 0 Å². The number of hydrogen-bond donors (Lipinski definition) is 0. The number of nitrogens with zero attached hydrogens (tertiary/aromatic N) is 3. The van der Waals surface area contributed by atoms with Crippen molar-refractivity contribution in [2.45, 2.75) is 45.2 Å². The summed E-state index contributed by atoms with van der Waals surface area (Å²) >= 11 is 1.79. The number of thiazole rings is 1. The number of pyridine rings is 1. The van der Waals surface area contributed by atoms with Crippen LogP contribution in [-0.2, 0) is 19.4 Å². The molecule has 0 radical (unpaired) electrons. The van der Waals surface area contributed by atoms with E-state index in [1.807, 2.05) is 17.0 Å². The van der Waals surface area contributed by atoms with Gasteiger partial charge < -0.3 is 4.90 Å². The number of hydrogen-bond acceptors (Lipinski definition) is 4. The van der Waals surface area contributed by atoms with Crippen molar-refractivity contribution in [3.8, 4) is 0 Å². The Kier molecular flexibility index (Phi) is 3.03. The van der Waals surface area contributed by atoms with Crippen molar-refractivity contribution in [2.75, 3.05) is 0 Å². The summed E-state index contributed by atoms with van der Waals surface area (Å²) in [6.07, 6.45) is 6.50. The molecule has 21 heavy (non-hydrogen) atoms. The highest BCUT2D eigenvalue weighted by Gasteiger charge is 2.33. The minimum absolute atomic E-state index is 0.0299. The first-order valence-electron chi connectivity index (χ1n) is 7.47. The molecule has 3 heterocycles. The predicted octanol–water partition coefficient (Wildman–Crippen LogP) is 3.13. The lowest BCUT2D eigenvalue weighted by molar-refractivity contribution is 0.0715. The molecule has 2 aromatic heterocycles. The Bertz CT molecular complexity index is 686. The van der Waals surface area contributed by atoms with E-state index in [2.05, 4.69) is 11.9 Å². The Labute approximate surface area is 127 Å². The van der Waals surface area contributed by atoms with Crippen LogP contribution in [0.4, 0.5) is 0 Å². The molecule has 1 amide bonds. The molecule has 0 unspecified atom stereocenters. The van der Waals surface area contributed by atoms with E-state index < -0.39 is 0 Å². The van der Waals surface area contributed by atoms with E-state index in [1.54, 1.807) is 17.5 Å². The number of amides is 1. The fourth-order valence-electron chi connectivity index (χ4n) is 3.14. The van der Waals surface area contributed by atoms with Gasteiger partial charge in [0.15, 0.2) is 0 Å². The molecule has 4 rings (SSSR count). The second kappa shape index (κ2) is 4.91. The number of carbonyl (C=O) groups excluding carboxylic acids is 1. The van der Waals surface area contributed by atoms with E-state index in [0.29, 0.717) is 6.54 Å². The van der Waals surface area contributed by atoms with Gasteiger partial charge in [-0.3, -0.25) is 9.78 Å². The van der Waals surface area contributed by atoms with Crippen molar-refractivity contribution in [1.29, 1.82) is 0 Å². The summed E-state index contributed by atoms with van der Waals surface area (Å²) in [4.78, 5) is 24.9. The zero-order chi connectivity index (χ0) is 14.4. The van der Waals surface area contributed by atoms with Gasteiger partial charge in [-0.2, -0.15) is 0 Å². The van der Waals surface area contributed by atoms with Gasteiger partial charge in [-0.1, -0.05) is 0 Å². The molecule has 0 bridgehead atoms. The third-order valence-corrected chi connectivity index (χ3v) is 5.72. The first-order chi connectivity index (χ1) is 10.2. The van der Waals surface area contributed by atoms with Gasteiger partial charge in [0.1, 0.15) is 5.01 Å². The van der Waals surface area contributed by atoms with Crippen molar-refractivity contribution in [3.05, 3.63) is 45.2 Å². The summed E-state index contributed by atoms with van der Waals surface area (Å²) in [5, 5.41) is 1.07. The summed E-state index contributed by atoms with van der Waals surface area (Å²) in [6.45, 7) is 2.68. The van der Waals surface area contributed by atoms with Gasteiger partial charge in [0, 0.05) is 11.1 Å². The van der Waals surface area contributed by atoms with Crippen LogP contribution in [0.25, 0.3) is 0 Å². The zero-order valence-electron chi connectivity index (χ0n) is 12.0. The van der Waals surface area contributed by atoms with Gasteiger partial charge in [-0.15, -0.1) is 11.3 Å². The molecule has 5 heteroatoms. The number of aromatic nitrogens is 2. The minimum Gasteiger partial charge on any atom is -0.323 e. The van der Waals surface area contributed by atoms with Crippen LogP contribution in [0.1, 0.15) is 57.4 Å². The summed E-state index contributed by atoms with van der Waals surface area (Å²) in [5.41, 5.74) is 2.89. The molecule has 1 aliphatic carbocycles. The summed E-state index contributed by atoms with van der Waals surface area (Å²) in [7, 11) is 0. The molecule has 0 spiro atoms. The number of fused-ring (bicyclic) bond motifs is 2. The molecule has 0 saturated heterocycles. The number of aryl methyl sites for hydroxylation is 2. The fourth-order valence-corrected chi connectivity index (χ4v) is 4.36. The number of carbonyl (C=O) groups is 1. The fraction of sp³-hybridized carbons (Fsp3) is 0.438. The molecule has 4 nitrogen and oxygen atoms in total. The predicted molar refractivity (Wildman–Crippen MR) is 81.3 cm³/mol. The van der Waals surface area contributed by atoms with Crippen molar-refractivity contribution < 1.29 is 4.79 Å². The van der Waals surface area contributed by atoms with E-state index >= 15 is 0 Å². The lowest BCUT2D eigenvalue weighted by Gasteiger charge is -2.21. The molecular weight excluding hydrogens is 282 g/mol. The molecule has 0 aromatic carbocycles. The molecule has 1 atom stereocenters. The van der Waals surface area contributed by atoms with E-state index in [4.69, 9.17) is 4.98 Å². The molecule has 1 aliphatic heterocycles. The molecule has 0 saturated carbocycles. The Balaban J connectivity index is 1.63. The molecule has 108 valence electrons. The summed E-state index contributed by atoms with van der Waals surface area (Å²) < 4.78 is 0. The molecule has 2 aliphatic rings. The standard InChI is InChI=1S/C16H17N3OS/c1-10(15-18-12-6-2-3-7-14(12)21-15)19-9-13-11(16(19)20)5-4-8-17-13/h4-5,8,10H,2-3,6-7,9H2,1H3/t10-/m0/s1. The van der Waals surface area contributed by atoms with Crippen LogP contribution in [0.2, 0.25) is 0 Å². The second-order valence-corrected chi connectivity index (χ2v) is 6.85. The van der Waals surface area contributed by atoms with Crippen molar-refractivity contribution in [1.82, 2.24) is 14.9 Å². The van der Waals surface area contributed by atoms with Gasteiger partial charge >= 0.3 is 0 Å². The maximum absolute atomic E-state index is 12.5. The van der Waals surface area contributed by atoms with Gasteiger partial charge in [0.2, 0.25) is 0 Å². The third-order valence-electron chi connectivity index (χ3n) is 4.39. The van der Waals surface area contributed by atoms with Crippen LogP contribution < -0.4 is 0 Å². The van der Waals surface area contributed by atoms with Crippen LogP contribution in [0.15, 0.2) is 18.3 Å². The van der Waals surface area contributed by atoms with Crippen molar-refractivity contribution >= 4 is 17.2 Å². The molecule has 2 aromatic rings. The monoisotopic (exact) mass is 299 g/mol. The molecular formula is C16H17N3OS. The lowest BCUT2D eigenvalue weighted by Crippen LogP contribution is -2.27. The first-order valence-corrected chi connectivity index (χ1v) is 8.29. The quantitative estimate of drug-likeness (QED) is 0.856. The summed E-state index contributed by atoms with van der Waals surface area (Å²) in [5.74, 6) is 0.0822. The van der Waals surface area contributed by atoms with Gasteiger partial charge in [-0.25, -0.2) is 4.98 Å². The lowest BCUT2D eigenvalue weighted by atomic mass is 10.0. The van der Waals surface area contributed by atoms with Crippen LogP contribution >= 0.6 is 11.3 Å². The topological polar surface area (TPSA) is 46.1 Å². The first kappa shape index (κ1) is 13.0. The van der Waals surface area contributed by atoms with Crippen LogP contribution in [0.5, 0.6) is 0 Å². The van der Waals surface area contributed by atoms with Crippen LogP contribution in [0, 0.1) is 0 Å². The minimum atomic E-state index is 0.0299. The zero-order valence-corrected chi connectivity index (χ0v) is 12.8. The highest BCUT2D eigenvalue weighted by Crippen LogP contribution is 2.35. The average Bonchev–Trinajstić information content (AvgIpc) is 3.08. The Morgan fingerprint density at radius 3 is 2.95 bits per heavy atom.